The van der Waals surface area contributed by atoms with Gasteiger partial charge in [-0.05, 0) is 45.1 Å². The second kappa shape index (κ2) is 4.38. The molecule has 0 spiro atoms. The topological polar surface area (TPSA) is 0 Å². The van der Waals surface area contributed by atoms with Gasteiger partial charge in [-0.25, -0.2) is 0 Å². The molecule has 0 N–H and O–H groups in total. The predicted octanol–water partition coefficient (Wildman–Crippen LogP) is 3.84. The van der Waals surface area contributed by atoms with E-state index in [1.54, 1.807) is 5.57 Å². The average molecular weight is 150 g/mol. The van der Waals surface area contributed by atoms with Crippen LogP contribution in [-0.4, -0.2) is 0 Å². The Morgan fingerprint density at radius 2 is 2.00 bits per heavy atom. The molecule has 62 valence electrons. The van der Waals surface area contributed by atoms with E-state index in [2.05, 4.69) is 26.0 Å². The van der Waals surface area contributed by atoms with Gasteiger partial charge < -0.3 is 0 Å². The lowest BCUT2D eigenvalue weighted by molar-refractivity contribution is 0.676. The molecule has 0 heterocycles. The molecule has 0 radical (unpaired) electrons. The Balaban J connectivity index is 2.63. The van der Waals surface area contributed by atoms with E-state index in [9.17, 15) is 0 Å². The van der Waals surface area contributed by atoms with E-state index >= 15 is 0 Å². The van der Waals surface area contributed by atoms with Crippen LogP contribution >= 0.6 is 0 Å². The van der Waals surface area contributed by atoms with Crippen LogP contribution in [0.15, 0.2) is 23.3 Å². The van der Waals surface area contributed by atoms with Crippen molar-refractivity contribution in [1.82, 2.24) is 0 Å². The van der Waals surface area contributed by atoms with E-state index in [4.69, 9.17) is 0 Å². The normalized spacial score (nSPS) is 22.2. The van der Waals surface area contributed by atoms with Crippen LogP contribution < -0.4 is 0 Å². The van der Waals surface area contributed by atoms with Crippen molar-refractivity contribution < 1.29 is 0 Å². The Bertz CT molecular complexity index is 168. The van der Waals surface area contributed by atoms with Crippen molar-refractivity contribution in [2.45, 2.75) is 46.0 Å². The summed E-state index contributed by atoms with van der Waals surface area (Å²) in [6.45, 7) is 4.42. The van der Waals surface area contributed by atoms with Gasteiger partial charge in [0.2, 0.25) is 0 Å². The molecule has 11 heavy (non-hydrogen) atoms. The summed E-state index contributed by atoms with van der Waals surface area (Å²) in [4.78, 5) is 0. The minimum absolute atomic E-state index is 1.27. The summed E-state index contributed by atoms with van der Waals surface area (Å²) in [5.41, 5.74) is 3.05. The van der Waals surface area contributed by atoms with Crippen LogP contribution in [0.2, 0.25) is 0 Å². The SMILES string of the molecule is CC(C)=C1/C=C\CCCCC1. The van der Waals surface area contributed by atoms with Gasteiger partial charge in [0.15, 0.2) is 0 Å². The summed E-state index contributed by atoms with van der Waals surface area (Å²) < 4.78 is 0. The van der Waals surface area contributed by atoms with Gasteiger partial charge in [0.25, 0.3) is 0 Å². The lowest BCUT2D eigenvalue weighted by Crippen LogP contribution is -1.87. The van der Waals surface area contributed by atoms with Crippen molar-refractivity contribution in [3.05, 3.63) is 23.3 Å². The predicted molar refractivity (Wildman–Crippen MR) is 50.6 cm³/mol. The molecule has 0 atom stereocenters. The zero-order valence-electron chi connectivity index (χ0n) is 7.69. The number of hydrogen-bond acceptors (Lipinski definition) is 0. The summed E-state index contributed by atoms with van der Waals surface area (Å²) in [5.74, 6) is 0. The van der Waals surface area contributed by atoms with Crippen molar-refractivity contribution in [2.24, 2.45) is 0 Å². The van der Waals surface area contributed by atoms with Crippen LogP contribution in [-0.2, 0) is 0 Å². The fourth-order valence-corrected chi connectivity index (χ4v) is 1.48. The highest BCUT2D eigenvalue weighted by atomic mass is 14.0. The Labute approximate surface area is 70.0 Å². The van der Waals surface area contributed by atoms with Crippen molar-refractivity contribution >= 4 is 0 Å². The van der Waals surface area contributed by atoms with Crippen molar-refractivity contribution in [1.29, 1.82) is 0 Å². The lowest BCUT2D eigenvalue weighted by atomic mass is 9.99. The zero-order valence-corrected chi connectivity index (χ0v) is 7.69. The van der Waals surface area contributed by atoms with Gasteiger partial charge in [-0.2, -0.15) is 0 Å². The third-order valence-electron chi connectivity index (χ3n) is 2.28. The molecule has 0 aromatic carbocycles. The third-order valence-corrected chi connectivity index (χ3v) is 2.28. The molecule has 0 nitrogen and oxygen atoms in total. The molecule has 0 amide bonds. The minimum atomic E-state index is 1.27. The molecule has 0 aromatic heterocycles. The fourth-order valence-electron chi connectivity index (χ4n) is 1.48. The molecule has 1 rings (SSSR count). The van der Waals surface area contributed by atoms with Crippen LogP contribution in [0.5, 0.6) is 0 Å². The van der Waals surface area contributed by atoms with Gasteiger partial charge in [0.1, 0.15) is 0 Å². The Morgan fingerprint density at radius 3 is 2.73 bits per heavy atom. The van der Waals surface area contributed by atoms with Gasteiger partial charge in [0, 0.05) is 0 Å². The second-order valence-electron chi connectivity index (χ2n) is 3.53. The quantitative estimate of drug-likeness (QED) is 0.492. The first-order chi connectivity index (χ1) is 5.30. The van der Waals surface area contributed by atoms with Crippen LogP contribution in [0.25, 0.3) is 0 Å². The number of allylic oxidation sites excluding steroid dienone is 4. The molecule has 0 unspecified atom stereocenters. The summed E-state index contributed by atoms with van der Waals surface area (Å²) >= 11 is 0. The van der Waals surface area contributed by atoms with Gasteiger partial charge in [-0.15, -0.1) is 0 Å². The van der Waals surface area contributed by atoms with Crippen molar-refractivity contribution in [2.75, 3.05) is 0 Å². The molecule has 0 saturated heterocycles. The Kier molecular flexibility index (Phi) is 3.41. The monoisotopic (exact) mass is 150 g/mol. The van der Waals surface area contributed by atoms with Gasteiger partial charge in [0.05, 0.1) is 0 Å². The van der Waals surface area contributed by atoms with Crippen molar-refractivity contribution in [3.8, 4) is 0 Å². The van der Waals surface area contributed by atoms with Crippen molar-refractivity contribution in [3.63, 3.8) is 0 Å². The minimum Gasteiger partial charge on any atom is -0.0843 e. The molecule has 1 aliphatic carbocycles. The maximum absolute atomic E-state index is 2.32. The van der Waals surface area contributed by atoms with E-state index in [1.807, 2.05) is 0 Å². The number of rotatable bonds is 0. The average Bonchev–Trinajstić information content (AvgIpc) is 1.84. The van der Waals surface area contributed by atoms with Gasteiger partial charge >= 0.3 is 0 Å². The molecule has 1 aliphatic rings. The molecule has 0 fully saturated rings. The van der Waals surface area contributed by atoms with Crippen LogP contribution in [0.1, 0.15) is 46.0 Å². The van der Waals surface area contributed by atoms with E-state index in [1.165, 1.54) is 37.7 Å². The largest absolute Gasteiger partial charge is 0.0843 e. The Hall–Kier alpha value is -0.520. The Morgan fingerprint density at radius 1 is 1.18 bits per heavy atom. The summed E-state index contributed by atoms with van der Waals surface area (Å²) in [6.07, 6.45) is 11.4. The van der Waals surface area contributed by atoms with Crippen LogP contribution in [0.4, 0.5) is 0 Å². The molecule has 0 bridgehead atoms. The first kappa shape index (κ1) is 8.58. The highest BCUT2D eigenvalue weighted by molar-refractivity contribution is 5.23. The third kappa shape index (κ3) is 2.92. The molecule has 0 heteroatoms. The van der Waals surface area contributed by atoms with E-state index < -0.39 is 0 Å². The molecule has 0 aromatic rings. The van der Waals surface area contributed by atoms with E-state index in [0.717, 1.165) is 0 Å². The standard InChI is InChI=1S/C11H18/c1-10(2)11-8-6-4-3-5-7-9-11/h6,8H,3-5,7,9H2,1-2H3/b8-6-. The molecular weight excluding hydrogens is 132 g/mol. The zero-order chi connectivity index (χ0) is 8.10. The van der Waals surface area contributed by atoms with Crippen LogP contribution in [0, 0.1) is 0 Å². The van der Waals surface area contributed by atoms with E-state index in [0.29, 0.717) is 0 Å². The van der Waals surface area contributed by atoms with Crippen LogP contribution in [0.3, 0.4) is 0 Å². The smallest absolute Gasteiger partial charge is 0.0280 e. The lowest BCUT2D eigenvalue weighted by Gasteiger charge is -2.07. The van der Waals surface area contributed by atoms with Gasteiger partial charge in [-0.3, -0.25) is 0 Å². The highest BCUT2D eigenvalue weighted by Gasteiger charge is 1.98. The highest BCUT2D eigenvalue weighted by Crippen LogP contribution is 2.18. The first-order valence-corrected chi connectivity index (χ1v) is 4.63. The summed E-state index contributed by atoms with van der Waals surface area (Å²) in [6, 6.07) is 0. The molecular formula is C11H18. The first-order valence-electron chi connectivity index (χ1n) is 4.63. The maximum atomic E-state index is 2.32. The van der Waals surface area contributed by atoms with Gasteiger partial charge in [-0.1, -0.05) is 24.1 Å². The summed E-state index contributed by atoms with van der Waals surface area (Å²) in [7, 11) is 0. The number of hydrogen-bond donors (Lipinski definition) is 0. The second-order valence-corrected chi connectivity index (χ2v) is 3.53. The van der Waals surface area contributed by atoms with E-state index in [-0.39, 0.29) is 0 Å². The maximum Gasteiger partial charge on any atom is -0.0280 e. The fraction of sp³-hybridized carbons (Fsp3) is 0.636. The summed E-state index contributed by atoms with van der Waals surface area (Å²) in [5, 5.41) is 0. The molecule has 0 aliphatic heterocycles. The molecule has 0 saturated carbocycles.